The molecule has 1 aromatic heterocycles. The molecule has 0 fully saturated rings. The first-order valence-corrected chi connectivity index (χ1v) is 8.17. The number of carbonyl (C=O) groups excluding carboxylic acids is 1. The van der Waals surface area contributed by atoms with Gasteiger partial charge in [-0.25, -0.2) is 0 Å². The molecule has 122 valence electrons. The molecule has 23 heavy (non-hydrogen) atoms. The van der Waals surface area contributed by atoms with Crippen molar-refractivity contribution in [3.63, 3.8) is 0 Å². The number of nitrogens with zero attached hydrogens (tertiary/aromatic N) is 2. The van der Waals surface area contributed by atoms with E-state index in [2.05, 4.69) is 22.5 Å². The maximum Gasteiger partial charge on any atom is 0.221 e. The van der Waals surface area contributed by atoms with Crippen LogP contribution in [0.5, 0.6) is 5.75 Å². The number of amides is 1. The number of methoxy groups -OCH3 is 1. The number of rotatable bonds is 6. The molecule has 5 heteroatoms. The van der Waals surface area contributed by atoms with E-state index >= 15 is 0 Å². The second-order valence-corrected chi connectivity index (χ2v) is 5.98. The Kier molecular flexibility index (Phi) is 4.95. The van der Waals surface area contributed by atoms with Gasteiger partial charge in [-0.1, -0.05) is 6.07 Å². The number of carbonyl (C=O) groups is 1. The number of ether oxygens (including phenoxy) is 1. The van der Waals surface area contributed by atoms with Gasteiger partial charge in [-0.15, -0.1) is 0 Å². The van der Waals surface area contributed by atoms with E-state index in [0.717, 1.165) is 25.0 Å². The molecule has 0 saturated carbocycles. The summed E-state index contributed by atoms with van der Waals surface area (Å²) in [5.74, 6) is 1.40. The molecular formula is C18H23N3O2. The quantitative estimate of drug-likeness (QED) is 0.891. The van der Waals surface area contributed by atoms with Crippen LogP contribution in [0.15, 0.2) is 36.7 Å². The van der Waals surface area contributed by atoms with Crippen molar-refractivity contribution in [1.82, 2.24) is 15.1 Å². The van der Waals surface area contributed by atoms with Gasteiger partial charge in [-0.3, -0.25) is 9.48 Å². The zero-order valence-corrected chi connectivity index (χ0v) is 13.5. The second-order valence-electron chi connectivity index (χ2n) is 5.98. The molecule has 1 heterocycles. The van der Waals surface area contributed by atoms with Crippen LogP contribution in [0.3, 0.4) is 0 Å². The molecular weight excluding hydrogens is 290 g/mol. The summed E-state index contributed by atoms with van der Waals surface area (Å²) in [4.78, 5) is 12.0. The van der Waals surface area contributed by atoms with Gasteiger partial charge >= 0.3 is 0 Å². The van der Waals surface area contributed by atoms with E-state index in [4.69, 9.17) is 4.74 Å². The highest BCUT2D eigenvalue weighted by Crippen LogP contribution is 2.33. The van der Waals surface area contributed by atoms with Crippen molar-refractivity contribution in [2.24, 2.45) is 0 Å². The van der Waals surface area contributed by atoms with Crippen molar-refractivity contribution in [3.8, 4) is 5.75 Å². The number of aromatic nitrogens is 2. The zero-order chi connectivity index (χ0) is 16.1. The van der Waals surface area contributed by atoms with Gasteiger partial charge in [0.05, 0.1) is 7.11 Å². The average molecular weight is 313 g/mol. The molecule has 0 saturated heterocycles. The van der Waals surface area contributed by atoms with Gasteiger partial charge in [0.25, 0.3) is 0 Å². The van der Waals surface area contributed by atoms with E-state index in [1.165, 1.54) is 11.1 Å². The van der Waals surface area contributed by atoms with Gasteiger partial charge in [-0.2, -0.15) is 5.10 Å². The zero-order valence-electron chi connectivity index (χ0n) is 13.5. The minimum atomic E-state index is 0.0844. The Balaban J connectivity index is 1.54. The second kappa shape index (κ2) is 7.31. The number of nitrogens with one attached hydrogen (secondary N) is 1. The minimum Gasteiger partial charge on any atom is -0.497 e. The Morgan fingerprint density at radius 2 is 2.39 bits per heavy atom. The van der Waals surface area contributed by atoms with Gasteiger partial charge in [0.2, 0.25) is 5.91 Å². The largest absolute Gasteiger partial charge is 0.497 e. The summed E-state index contributed by atoms with van der Waals surface area (Å²) in [5, 5.41) is 7.18. The van der Waals surface area contributed by atoms with Crippen LogP contribution in [-0.4, -0.2) is 29.3 Å². The first kappa shape index (κ1) is 15.6. The molecule has 0 bridgehead atoms. The first-order chi connectivity index (χ1) is 11.3. The smallest absolute Gasteiger partial charge is 0.221 e. The van der Waals surface area contributed by atoms with Crippen molar-refractivity contribution < 1.29 is 9.53 Å². The van der Waals surface area contributed by atoms with Crippen LogP contribution in [0.1, 0.15) is 36.3 Å². The molecule has 0 radical (unpaired) electrons. The summed E-state index contributed by atoms with van der Waals surface area (Å²) < 4.78 is 7.08. The highest BCUT2D eigenvalue weighted by molar-refractivity contribution is 5.75. The van der Waals surface area contributed by atoms with E-state index < -0.39 is 0 Å². The lowest BCUT2D eigenvalue weighted by atomic mass is 9.82. The highest BCUT2D eigenvalue weighted by atomic mass is 16.5. The monoisotopic (exact) mass is 313 g/mol. The molecule has 5 nitrogen and oxygen atoms in total. The predicted molar refractivity (Wildman–Crippen MR) is 88.5 cm³/mol. The number of aryl methyl sites for hydroxylation is 2. The van der Waals surface area contributed by atoms with Crippen molar-refractivity contribution in [3.05, 3.63) is 47.8 Å². The molecule has 3 rings (SSSR count). The van der Waals surface area contributed by atoms with E-state index in [-0.39, 0.29) is 5.91 Å². The summed E-state index contributed by atoms with van der Waals surface area (Å²) in [6.45, 7) is 1.33. The Labute approximate surface area is 136 Å². The van der Waals surface area contributed by atoms with Gasteiger partial charge in [-0.05, 0) is 48.6 Å². The molecule has 0 spiro atoms. The fourth-order valence-electron chi connectivity index (χ4n) is 3.20. The lowest BCUT2D eigenvalue weighted by Crippen LogP contribution is -2.30. The summed E-state index contributed by atoms with van der Waals surface area (Å²) in [7, 11) is 1.70. The molecule has 0 aliphatic heterocycles. The van der Waals surface area contributed by atoms with Gasteiger partial charge in [0, 0.05) is 37.8 Å². The number of fused-ring (bicyclic) bond motifs is 1. The molecule has 1 atom stereocenters. The van der Waals surface area contributed by atoms with Gasteiger partial charge in [0.1, 0.15) is 5.75 Å². The third-order valence-electron chi connectivity index (χ3n) is 4.46. The van der Waals surface area contributed by atoms with Crippen LogP contribution in [0.4, 0.5) is 0 Å². The van der Waals surface area contributed by atoms with Crippen LogP contribution >= 0.6 is 0 Å². The van der Waals surface area contributed by atoms with Crippen molar-refractivity contribution >= 4 is 5.91 Å². The minimum absolute atomic E-state index is 0.0844. The Morgan fingerprint density at radius 3 is 3.17 bits per heavy atom. The molecule has 1 aromatic carbocycles. The van der Waals surface area contributed by atoms with Crippen LogP contribution in [0.2, 0.25) is 0 Å². The Morgan fingerprint density at radius 1 is 1.48 bits per heavy atom. The molecule has 1 unspecified atom stereocenters. The summed E-state index contributed by atoms with van der Waals surface area (Å²) in [6, 6.07) is 8.15. The normalized spacial score (nSPS) is 16.7. The average Bonchev–Trinajstić information content (AvgIpc) is 3.11. The molecule has 1 aliphatic rings. The van der Waals surface area contributed by atoms with E-state index in [1.807, 2.05) is 18.3 Å². The molecule has 1 N–H and O–H groups in total. The first-order valence-electron chi connectivity index (χ1n) is 8.17. The lowest BCUT2D eigenvalue weighted by molar-refractivity contribution is -0.121. The fraction of sp³-hybridized carbons (Fsp3) is 0.444. The standard InChI is InChI=1S/C18H23N3O2/c1-23-16-6-7-17-14(12-16)4-2-5-15(17)13-19-18(22)8-11-21-10-3-9-20-21/h3,6-7,9-10,12,15H,2,4-5,8,11,13H2,1H3,(H,19,22). The lowest BCUT2D eigenvalue weighted by Gasteiger charge is -2.26. The van der Waals surface area contributed by atoms with Crippen molar-refractivity contribution in [2.45, 2.75) is 38.1 Å². The predicted octanol–water partition coefficient (Wildman–Crippen LogP) is 2.52. The molecule has 1 amide bonds. The van der Waals surface area contributed by atoms with E-state index in [0.29, 0.717) is 25.4 Å². The third kappa shape index (κ3) is 3.92. The fourth-order valence-corrected chi connectivity index (χ4v) is 3.20. The van der Waals surface area contributed by atoms with Crippen LogP contribution in [-0.2, 0) is 17.8 Å². The number of hydrogen-bond acceptors (Lipinski definition) is 3. The van der Waals surface area contributed by atoms with E-state index in [1.54, 1.807) is 18.0 Å². The Bertz CT molecular complexity index is 652. The topological polar surface area (TPSA) is 56.1 Å². The van der Waals surface area contributed by atoms with Gasteiger partial charge in [0.15, 0.2) is 0 Å². The van der Waals surface area contributed by atoms with E-state index in [9.17, 15) is 4.79 Å². The van der Waals surface area contributed by atoms with Crippen LogP contribution in [0, 0.1) is 0 Å². The maximum atomic E-state index is 12.0. The van der Waals surface area contributed by atoms with Crippen molar-refractivity contribution in [1.29, 1.82) is 0 Å². The Hall–Kier alpha value is -2.30. The maximum absolute atomic E-state index is 12.0. The van der Waals surface area contributed by atoms with Crippen molar-refractivity contribution in [2.75, 3.05) is 13.7 Å². The number of hydrogen-bond donors (Lipinski definition) is 1. The molecule has 2 aromatic rings. The third-order valence-corrected chi connectivity index (χ3v) is 4.46. The van der Waals surface area contributed by atoms with Gasteiger partial charge < -0.3 is 10.1 Å². The van der Waals surface area contributed by atoms with Crippen LogP contribution in [0.25, 0.3) is 0 Å². The van der Waals surface area contributed by atoms with Crippen LogP contribution < -0.4 is 10.1 Å². The number of benzene rings is 1. The summed E-state index contributed by atoms with van der Waals surface area (Å²) in [5.41, 5.74) is 2.70. The highest BCUT2D eigenvalue weighted by Gasteiger charge is 2.21. The SMILES string of the molecule is COc1ccc2c(c1)CCCC2CNC(=O)CCn1cccn1. The summed E-state index contributed by atoms with van der Waals surface area (Å²) >= 11 is 0. The summed E-state index contributed by atoms with van der Waals surface area (Å²) in [6.07, 6.45) is 7.44. The molecule has 1 aliphatic carbocycles.